The first-order valence-corrected chi connectivity index (χ1v) is 7.70. The molecule has 1 aromatic rings. The number of thiazole rings is 1. The zero-order valence-corrected chi connectivity index (χ0v) is 12.4. The van der Waals surface area contributed by atoms with E-state index in [2.05, 4.69) is 20.8 Å². The summed E-state index contributed by atoms with van der Waals surface area (Å²) in [4.78, 5) is 11.4. The lowest BCUT2D eigenvalue weighted by molar-refractivity contribution is 0.448. The summed E-state index contributed by atoms with van der Waals surface area (Å²) in [6.45, 7) is 6.43. The fourth-order valence-electron chi connectivity index (χ4n) is 1.65. The quantitative estimate of drug-likeness (QED) is 0.768. The van der Waals surface area contributed by atoms with E-state index in [-0.39, 0.29) is 15.5 Å². The van der Waals surface area contributed by atoms with Gasteiger partial charge < -0.3 is 5.11 Å². The van der Waals surface area contributed by atoms with Crippen molar-refractivity contribution in [3.8, 4) is 5.88 Å². The summed E-state index contributed by atoms with van der Waals surface area (Å²) in [6.07, 6.45) is 5.97. The van der Waals surface area contributed by atoms with Crippen LogP contribution < -0.4 is 4.87 Å². The number of rotatable bonds is 7. The van der Waals surface area contributed by atoms with Gasteiger partial charge in [-0.15, -0.1) is 0 Å². The maximum atomic E-state index is 11.5. The minimum Gasteiger partial charge on any atom is -0.493 e. The Hall–Kier alpha value is -0.420. The molecular weight excluding hydrogens is 254 g/mol. The molecule has 0 radical (unpaired) electrons. The molecule has 0 atom stereocenters. The molecule has 0 aromatic carbocycles. The van der Waals surface area contributed by atoms with Crippen LogP contribution in [0.15, 0.2) is 10.2 Å². The number of hydrogen-bond donors (Lipinski definition) is 1. The Labute approximate surface area is 111 Å². The third kappa shape index (κ3) is 4.76. The molecule has 98 valence electrons. The predicted molar refractivity (Wildman–Crippen MR) is 76.1 cm³/mol. The third-order valence-electron chi connectivity index (χ3n) is 2.61. The Morgan fingerprint density at radius 1 is 1.41 bits per heavy atom. The van der Waals surface area contributed by atoms with Crippen molar-refractivity contribution < 1.29 is 5.11 Å². The van der Waals surface area contributed by atoms with Crippen LogP contribution in [0.4, 0.5) is 0 Å². The summed E-state index contributed by atoms with van der Waals surface area (Å²) in [5, 5.41) is 11.0. The summed E-state index contributed by atoms with van der Waals surface area (Å²) < 4.78 is 1.38. The summed E-state index contributed by atoms with van der Waals surface area (Å²) in [7, 11) is 0. The zero-order chi connectivity index (χ0) is 12.9. The maximum Gasteiger partial charge on any atom is 0.320 e. The minimum atomic E-state index is -0.103. The molecule has 17 heavy (non-hydrogen) atoms. The van der Waals surface area contributed by atoms with Gasteiger partial charge in [-0.3, -0.25) is 4.79 Å². The molecule has 0 aliphatic carbocycles. The van der Waals surface area contributed by atoms with Gasteiger partial charge in [0.05, 0.1) is 5.38 Å². The van der Waals surface area contributed by atoms with Crippen LogP contribution in [0.5, 0.6) is 5.88 Å². The Bertz CT molecular complexity index is 395. The van der Waals surface area contributed by atoms with E-state index in [4.69, 9.17) is 0 Å². The molecule has 0 saturated carbocycles. The molecule has 0 spiro atoms. The molecule has 1 N–H and O–H groups in total. The van der Waals surface area contributed by atoms with Crippen molar-refractivity contribution in [3.63, 3.8) is 0 Å². The van der Waals surface area contributed by atoms with Gasteiger partial charge in [0.1, 0.15) is 0 Å². The standard InChI is InChI=1S/C12H21NO2S2/c1-4-5-6-7-8-12(2,3)17-13-10(14)9-16-11(13)15/h9,14H,4-8H2,1-3H3. The van der Waals surface area contributed by atoms with Gasteiger partial charge in [-0.1, -0.05) is 43.9 Å². The lowest BCUT2D eigenvalue weighted by atomic mass is 10.0. The highest BCUT2D eigenvalue weighted by Crippen LogP contribution is 2.33. The number of unbranched alkanes of at least 4 members (excludes halogenated alkanes) is 3. The molecule has 1 heterocycles. The molecule has 0 bridgehead atoms. The molecule has 1 rings (SSSR count). The summed E-state index contributed by atoms with van der Waals surface area (Å²) in [5.41, 5.74) is 0. The molecular formula is C12H21NO2S2. The molecule has 1 aromatic heterocycles. The Balaban J connectivity index is 2.51. The number of hydrogen-bond acceptors (Lipinski definition) is 4. The fraction of sp³-hybridized carbons (Fsp3) is 0.750. The van der Waals surface area contributed by atoms with Gasteiger partial charge >= 0.3 is 4.87 Å². The second-order valence-corrected chi connectivity index (χ2v) is 7.29. The van der Waals surface area contributed by atoms with Crippen LogP contribution in [0.25, 0.3) is 0 Å². The highest BCUT2D eigenvalue weighted by atomic mass is 32.2. The predicted octanol–water partition coefficient (Wildman–Crippen LogP) is 3.86. The van der Waals surface area contributed by atoms with Crippen molar-refractivity contribution in [2.75, 3.05) is 0 Å². The molecule has 0 unspecified atom stereocenters. The Morgan fingerprint density at radius 3 is 2.65 bits per heavy atom. The van der Waals surface area contributed by atoms with Crippen molar-refractivity contribution in [1.29, 1.82) is 0 Å². The van der Waals surface area contributed by atoms with E-state index in [0.717, 1.165) is 17.8 Å². The largest absolute Gasteiger partial charge is 0.493 e. The molecule has 5 heteroatoms. The highest BCUT2D eigenvalue weighted by Gasteiger charge is 2.22. The van der Waals surface area contributed by atoms with E-state index in [9.17, 15) is 9.90 Å². The topological polar surface area (TPSA) is 42.2 Å². The van der Waals surface area contributed by atoms with E-state index in [1.165, 1.54) is 47.0 Å². The highest BCUT2D eigenvalue weighted by molar-refractivity contribution is 7.99. The molecule has 3 nitrogen and oxygen atoms in total. The number of nitrogens with zero attached hydrogens (tertiary/aromatic N) is 1. The maximum absolute atomic E-state index is 11.5. The van der Waals surface area contributed by atoms with E-state index in [1.807, 2.05) is 0 Å². The van der Waals surface area contributed by atoms with Crippen LogP contribution in [0.2, 0.25) is 0 Å². The second-order valence-electron chi connectivity index (χ2n) is 4.82. The average Bonchev–Trinajstić information content (AvgIpc) is 2.56. The monoisotopic (exact) mass is 275 g/mol. The van der Waals surface area contributed by atoms with E-state index in [0.29, 0.717) is 0 Å². The van der Waals surface area contributed by atoms with Crippen LogP contribution in [-0.4, -0.2) is 13.8 Å². The first-order chi connectivity index (χ1) is 7.96. The van der Waals surface area contributed by atoms with Gasteiger partial charge in [0.2, 0.25) is 5.88 Å². The van der Waals surface area contributed by atoms with Crippen LogP contribution >= 0.6 is 23.3 Å². The van der Waals surface area contributed by atoms with Crippen molar-refractivity contribution in [2.24, 2.45) is 0 Å². The van der Waals surface area contributed by atoms with Crippen LogP contribution in [0.3, 0.4) is 0 Å². The van der Waals surface area contributed by atoms with Crippen molar-refractivity contribution in [2.45, 2.75) is 57.6 Å². The van der Waals surface area contributed by atoms with E-state index in [1.54, 1.807) is 0 Å². The van der Waals surface area contributed by atoms with Gasteiger partial charge in [0.15, 0.2) is 0 Å². The summed E-state index contributed by atoms with van der Waals surface area (Å²) in [6, 6.07) is 0. The molecule has 0 amide bonds. The zero-order valence-electron chi connectivity index (χ0n) is 10.7. The lowest BCUT2D eigenvalue weighted by Crippen LogP contribution is -2.20. The molecule has 0 saturated heterocycles. The summed E-state index contributed by atoms with van der Waals surface area (Å²) in [5.74, 6) is 0.0617. The molecule has 0 aliphatic heterocycles. The van der Waals surface area contributed by atoms with Crippen LogP contribution in [0, 0.1) is 0 Å². The second kappa shape index (κ2) is 6.50. The van der Waals surface area contributed by atoms with Gasteiger partial charge in [-0.25, -0.2) is 3.97 Å². The van der Waals surface area contributed by atoms with Gasteiger partial charge in [-0.2, -0.15) is 0 Å². The van der Waals surface area contributed by atoms with E-state index >= 15 is 0 Å². The number of aromatic nitrogens is 1. The van der Waals surface area contributed by atoms with Crippen molar-refractivity contribution in [3.05, 3.63) is 15.0 Å². The normalized spacial score (nSPS) is 11.9. The van der Waals surface area contributed by atoms with Gasteiger partial charge in [0, 0.05) is 4.75 Å². The molecule has 0 aliphatic rings. The van der Waals surface area contributed by atoms with Crippen LogP contribution in [0.1, 0.15) is 52.9 Å². The Kier molecular flexibility index (Phi) is 5.59. The third-order valence-corrected chi connectivity index (χ3v) is 4.67. The minimum absolute atomic E-state index is 0.0177. The van der Waals surface area contributed by atoms with Crippen molar-refractivity contribution >= 4 is 23.3 Å². The fourth-order valence-corrected chi connectivity index (χ4v) is 3.41. The first kappa shape index (κ1) is 14.6. The average molecular weight is 275 g/mol. The smallest absolute Gasteiger partial charge is 0.320 e. The Morgan fingerprint density at radius 2 is 2.12 bits per heavy atom. The SMILES string of the molecule is CCCCCCC(C)(C)Sn1c(O)csc1=O. The number of aromatic hydroxyl groups is 1. The van der Waals surface area contributed by atoms with Crippen molar-refractivity contribution in [1.82, 2.24) is 3.97 Å². The van der Waals surface area contributed by atoms with E-state index < -0.39 is 0 Å². The van der Waals surface area contributed by atoms with Gasteiger partial charge in [0.25, 0.3) is 0 Å². The van der Waals surface area contributed by atoms with Gasteiger partial charge in [-0.05, 0) is 32.2 Å². The first-order valence-electron chi connectivity index (χ1n) is 6.05. The summed E-state index contributed by atoms with van der Waals surface area (Å²) >= 11 is 2.47. The lowest BCUT2D eigenvalue weighted by Gasteiger charge is -2.23. The van der Waals surface area contributed by atoms with Crippen LogP contribution in [-0.2, 0) is 0 Å². The molecule has 0 fully saturated rings.